The number of nitrogens with zero attached hydrogens (tertiary/aromatic N) is 3. The lowest BCUT2D eigenvalue weighted by Gasteiger charge is -2.21. The zero-order valence-electron chi connectivity index (χ0n) is 11.4. The first-order valence-electron chi connectivity index (χ1n) is 6.42. The number of halogens is 2. The van der Waals surface area contributed by atoms with Crippen LogP contribution < -0.4 is 0 Å². The second kappa shape index (κ2) is 6.79. The summed E-state index contributed by atoms with van der Waals surface area (Å²) in [4.78, 5) is 15.8. The van der Waals surface area contributed by atoms with Crippen LogP contribution in [0.5, 0.6) is 5.75 Å². The number of hydrazone groups is 1. The first kappa shape index (κ1) is 15.6. The van der Waals surface area contributed by atoms with Gasteiger partial charge in [0.1, 0.15) is 12.2 Å². The molecule has 0 radical (unpaired) electrons. The molecule has 0 unspecified atom stereocenters. The molecule has 1 aliphatic rings. The summed E-state index contributed by atoms with van der Waals surface area (Å²) >= 11 is 11.8. The van der Waals surface area contributed by atoms with Crippen molar-refractivity contribution < 1.29 is 9.90 Å². The van der Waals surface area contributed by atoms with Gasteiger partial charge < -0.3 is 5.11 Å². The molecule has 0 saturated carbocycles. The number of pyridine rings is 1. The van der Waals surface area contributed by atoms with Gasteiger partial charge in [0.2, 0.25) is 5.91 Å². The molecule has 1 N–H and O–H groups in total. The highest BCUT2D eigenvalue weighted by Crippen LogP contribution is 2.28. The number of amides is 1. The van der Waals surface area contributed by atoms with E-state index in [4.69, 9.17) is 23.2 Å². The van der Waals surface area contributed by atoms with Crippen molar-refractivity contribution in [1.82, 2.24) is 9.99 Å². The van der Waals surface area contributed by atoms with Gasteiger partial charge in [0, 0.05) is 25.3 Å². The normalized spacial score (nSPS) is 14.5. The summed E-state index contributed by atoms with van der Waals surface area (Å²) in [5, 5.41) is 15.2. The van der Waals surface area contributed by atoms with Crippen LogP contribution in [0.3, 0.4) is 0 Å². The standard InChI is InChI=1S/C14H13Cl2N3O2/c1-2-3-4-7-19-12(21)6-5-10(18-19)13-9(15)8-11(20)14(16)17-13/h8,20H,2,5-7H2,1H3. The summed E-state index contributed by atoms with van der Waals surface area (Å²) in [6.45, 7) is 2.17. The van der Waals surface area contributed by atoms with E-state index in [0.29, 0.717) is 24.2 Å². The molecule has 2 heterocycles. The maximum atomic E-state index is 11.8. The smallest absolute Gasteiger partial charge is 0.243 e. The topological polar surface area (TPSA) is 65.8 Å². The van der Waals surface area contributed by atoms with Crippen LogP contribution in [-0.2, 0) is 4.79 Å². The number of aromatic nitrogens is 1. The molecule has 0 fully saturated rings. The number of hydrogen-bond donors (Lipinski definition) is 1. The first-order chi connectivity index (χ1) is 10.0. The highest BCUT2D eigenvalue weighted by atomic mass is 35.5. The van der Waals surface area contributed by atoms with Crippen LogP contribution in [0, 0.1) is 11.8 Å². The van der Waals surface area contributed by atoms with Gasteiger partial charge in [0.15, 0.2) is 10.9 Å². The third-order valence-electron chi connectivity index (χ3n) is 2.82. The summed E-state index contributed by atoms with van der Waals surface area (Å²) in [7, 11) is 0. The van der Waals surface area contributed by atoms with Crippen LogP contribution >= 0.6 is 23.2 Å². The molecule has 0 atom stereocenters. The SMILES string of the molecule is CCC#CCN1N=C(c2nc(Cl)c(O)cc2Cl)CCC1=O. The molecule has 5 nitrogen and oxygen atoms in total. The molecule has 110 valence electrons. The van der Waals surface area contributed by atoms with Gasteiger partial charge in [-0.05, 0) is 0 Å². The highest BCUT2D eigenvalue weighted by molar-refractivity contribution is 6.35. The van der Waals surface area contributed by atoms with E-state index in [9.17, 15) is 9.90 Å². The Morgan fingerprint density at radius 3 is 2.86 bits per heavy atom. The van der Waals surface area contributed by atoms with E-state index in [-0.39, 0.29) is 28.4 Å². The fourth-order valence-electron chi connectivity index (χ4n) is 1.81. The van der Waals surface area contributed by atoms with E-state index >= 15 is 0 Å². The molecule has 1 aromatic rings. The molecule has 1 aromatic heterocycles. The molecule has 2 rings (SSSR count). The molecular formula is C14H13Cl2N3O2. The summed E-state index contributed by atoms with van der Waals surface area (Å²) in [5.74, 6) is 5.48. The second-order valence-electron chi connectivity index (χ2n) is 4.33. The molecule has 0 saturated heterocycles. The lowest BCUT2D eigenvalue weighted by Crippen LogP contribution is -2.32. The summed E-state index contributed by atoms with van der Waals surface area (Å²) in [6.07, 6.45) is 1.45. The van der Waals surface area contributed by atoms with Gasteiger partial charge in [-0.2, -0.15) is 5.10 Å². The van der Waals surface area contributed by atoms with E-state index in [0.717, 1.165) is 6.42 Å². The van der Waals surface area contributed by atoms with Gasteiger partial charge in [-0.1, -0.05) is 36.0 Å². The van der Waals surface area contributed by atoms with E-state index in [2.05, 4.69) is 21.9 Å². The van der Waals surface area contributed by atoms with E-state index in [1.807, 2.05) is 6.92 Å². The molecule has 7 heteroatoms. The van der Waals surface area contributed by atoms with Crippen molar-refractivity contribution in [3.05, 3.63) is 21.9 Å². The van der Waals surface area contributed by atoms with Crippen LogP contribution in [0.4, 0.5) is 0 Å². The minimum Gasteiger partial charge on any atom is -0.505 e. The predicted octanol–water partition coefficient (Wildman–Crippen LogP) is 2.83. The van der Waals surface area contributed by atoms with Crippen molar-refractivity contribution in [2.45, 2.75) is 26.2 Å². The lowest BCUT2D eigenvalue weighted by molar-refractivity contribution is -0.131. The number of hydrogen-bond acceptors (Lipinski definition) is 4. The molecular weight excluding hydrogens is 313 g/mol. The minimum atomic E-state index is -0.191. The van der Waals surface area contributed by atoms with Crippen LogP contribution in [0.15, 0.2) is 11.2 Å². The van der Waals surface area contributed by atoms with Crippen LogP contribution in [-0.4, -0.2) is 33.3 Å². The number of rotatable bonds is 2. The number of carbonyl (C=O) groups is 1. The van der Waals surface area contributed by atoms with Crippen molar-refractivity contribution in [3.8, 4) is 17.6 Å². The fraction of sp³-hybridized carbons (Fsp3) is 0.357. The Hall–Kier alpha value is -1.77. The van der Waals surface area contributed by atoms with Gasteiger partial charge in [-0.25, -0.2) is 9.99 Å². The van der Waals surface area contributed by atoms with Crippen molar-refractivity contribution in [2.75, 3.05) is 6.54 Å². The van der Waals surface area contributed by atoms with E-state index < -0.39 is 0 Å². The van der Waals surface area contributed by atoms with Gasteiger partial charge in [0.05, 0.1) is 10.7 Å². The van der Waals surface area contributed by atoms with Crippen molar-refractivity contribution >= 4 is 34.8 Å². The zero-order valence-corrected chi connectivity index (χ0v) is 12.9. The molecule has 0 bridgehead atoms. The number of carbonyl (C=O) groups excluding carboxylic acids is 1. The Morgan fingerprint density at radius 2 is 2.14 bits per heavy atom. The highest BCUT2D eigenvalue weighted by Gasteiger charge is 2.23. The van der Waals surface area contributed by atoms with Gasteiger partial charge in [-0.15, -0.1) is 5.92 Å². The Kier molecular flexibility index (Phi) is 5.05. The maximum Gasteiger partial charge on any atom is 0.243 e. The Balaban J connectivity index is 2.32. The quantitative estimate of drug-likeness (QED) is 0.671. The summed E-state index contributed by atoms with van der Waals surface area (Å²) in [5.41, 5.74) is 0.931. The predicted molar refractivity (Wildman–Crippen MR) is 81.5 cm³/mol. The average Bonchev–Trinajstić information content (AvgIpc) is 2.45. The Labute approximate surface area is 132 Å². The third-order valence-corrected chi connectivity index (χ3v) is 3.39. The van der Waals surface area contributed by atoms with E-state index in [1.54, 1.807) is 0 Å². The van der Waals surface area contributed by atoms with Crippen LogP contribution in [0.1, 0.15) is 31.9 Å². The Morgan fingerprint density at radius 1 is 1.38 bits per heavy atom. The molecule has 1 aliphatic heterocycles. The van der Waals surface area contributed by atoms with Gasteiger partial charge in [0.25, 0.3) is 0 Å². The molecule has 1 amide bonds. The Bertz CT molecular complexity index is 662. The van der Waals surface area contributed by atoms with Gasteiger partial charge >= 0.3 is 0 Å². The molecule has 0 aromatic carbocycles. The fourth-order valence-corrected chi connectivity index (χ4v) is 2.20. The van der Waals surface area contributed by atoms with E-state index in [1.165, 1.54) is 11.1 Å². The second-order valence-corrected chi connectivity index (χ2v) is 5.10. The third kappa shape index (κ3) is 3.66. The van der Waals surface area contributed by atoms with Crippen molar-refractivity contribution in [3.63, 3.8) is 0 Å². The molecule has 0 spiro atoms. The largest absolute Gasteiger partial charge is 0.505 e. The summed E-state index contributed by atoms with van der Waals surface area (Å²) < 4.78 is 0. The maximum absolute atomic E-state index is 11.8. The lowest BCUT2D eigenvalue weighted by atomic mass is 10.1. The monoisotopic (exact) mass is 325 g/mol. The zero-order chi connectivity index (χ0) is 15.4. The van der Waals surface area contributed by atoms with Crippen LogP contribution in [0.25, 0.3) is 0 Å². The molecule has 0 aliphatic carbocycles. The first-order valence-corrected chi connectivity index (χ1v) is 7.17. The van der Waals surface area contributed by atoms with Crippen molar-refractivity contribution in [1.29, 1.82) is 0 Å². The van der Waals surface area contributed by atoms with Crippen molar-refractivity contribution in [2.24, 2.45) is 5.10 Å². The average molecular weight is 326 g/mol. The number of aromatic hydroxyl groups is 1. The minimum absolute atomic E-state index is 0.0497. The van der Waals surface area contributed by atoms with Gasteiger partial charge in [-0.3, -0.25) is 4.79 Å². The van der Waals surface area contributed by atoms with Crippen LogP contribution in [0.2, 0.25) is 10.2 Å². The molecule has 21 heavy (non-hydrogen) atoms. The summed E-state index contributed by atoms with van der Waals surface area (Å²) in [6, 6.07) is 1.31.